The lowest BCUT2D eigenvalue weighted by molar-refractivity contribution is -0.294. The molecule has 5 nitrogen and oxygen atoms in total. The Kier molecular flexibility index (Phi) is 8.06. The van der Waals surface area contributed by atoms with Crippen molar-refractivity contribution in [2.24, 2.45) is 0 Å². The van der Waals surface area contributed by atoms with Gasteiger partial charge in [-0.15, -0.1) is 0 Å². The van der Waals surface area contributed by atoms with Crippen LogP contribution in [0.2, 0.25) is 6.04 Å². The number of hydrogen-bond donors (Lipinski definition) is 0. The van der Waals surface area contributed by atoms with Gasteiger partial charge in [-0.3, -0.25) is 0 Å². The van der Waals surface area contributed by atoms with Crippen molar-refractivity contribution >= 4 is 15.5 Å². The largest absolute Gasteiger partial charge is 0.462 e. The predicted molar refractivity (Wildman–Crippen MR) is 67.5 cm³/mol. The summed E-state index contributed by atoms with van der Waals surface area (Å²) in [6.45, 7) is 5.53. The molecule has 0 aromatic rings. The number of hydrogen-bond acceptors (Lipinski definition) is 5. The molecule has 100 valence electrons. The lowest BCUT2D eigenvalue weighted by atomic mass is 10.4. The number of carbonyl (C=O) groups excluding carboxylic acids is 1. The van der Waals surface area contributed by atoms with Crippen molar-refractivity contribution in [3.05, 3.63) is 12.2 Å². The quantitative estimate of drug-likeness (QED) is 0.201. The van der Waals surface area contributed by atoms with E-state index >= 15 is 0 Å². The Balaban J connectivity index is 3.76. The highest BCUT2D eigenvalue weighted by atomic mass is 28.2. The van der Waals surface area contributed by atoms with Crippen molar-refractivity contribution in [3.8, 4) is 0 Å². The third-order valence-electron chi connectivity index (χ3n) is 2.39. The second-order valence-corrected chi connectivity index (χ2v) is 5.74. The van der Waals surface area contributed by atoms with E-state index in [1.165, 1.54) is 0 Å². The molecule has 0 aliphatic rings. The first-order chi connectivity index (χ1) is 8.01. The summed E-state index contributed by atoms with van der Waals surface area (Å²) in [6.07, 6.45) is 0.781. The van der Waals surface area contributed by atoms with E-state index in [0.29, 0.717) is 12.2 Å². The highest BCUT2D eigenvalue weighted by Crippen LogP contribution is 2.12. The molecule has 0 unspecified atom stereocenters. The van der Waals surface area contributed by atoms with Gasteiger partial charge in [0.25, 0.3) is 0 Å². The zero-order chi connectivity index (χ0) is 13.3. The van der Waals surface area contributed by atoms with Gasteiger partial charge in [0.2, 0.25) is 5.60 Å². The van der Waals surface area contributed by atoms with Crippen LogP contribution in [0.5, 0.6) is 0 Å². The van der Waals surface area contributed by atoms with Gasteiger partial charge in [0.15, 0.2) is 0 Å². The van der Waals surface area contributed by atoms with Crippen LogP contribution < -0.4 is 0 Å². The van der Waals surface area contributed by atoms with Gasteiger partial charge in [-0.25, -0.2) is 4.79 Å². The summed E-state index contributed by atoms with van der Waals surface area (Å²) in [5, 5.41) is 0. The molecule has 6 heteroatoms. The van der Waals surface area contributed by atoms with Crippen molar-refractivity contribution in [2.45, 2.75) is 25.0 Å². The van der Waals surface area contributed by atoms with Gasteiger partial charge < -0.3 is 18.9 Å². The lowest BCUT2D eigenvalue weighted by Crippen LogP contribution is -2.42. The summed E-state index contributed by atoms with van der Waals surface area (Å²) >= 11 is 0. The number of ether oxygens (including phenoxy) is 4. The van der Waals surface area contributed by atoms with Crippen LogP contribution in [-0.2, 0) is 23.7 Å². The Morgan fingerprint density at radius 3 is 2.18 bits per heavy atom. The maximum Gasteiger partial charge on any atom is 0.333 e. The van der Waals surface area contributed by atoms with Crippen LogP contribution in [0.4, 0.5) is 0 Å². The van der Waals surface area contributed by atoms with E-state index in [4.69, 9.17) is 18.9 Å². The van der Waals surface area contributed by atoms with Crippen LogP contribution in [0.15, 0.2) is 12.2 Å². The topological polar surface area (TPSA) is 54.0 Å². The van der Waals surface area contributed by atoms with Crippen molar-refractivity contribution in [2.75, 3.05) is 27.9 Å². The summed E-state index contributed by atoms with van der Waals surface area (Å²) in [5.41, 5.74) is -0.444. The van der Waals surface area contributed by atoms with Crippen LogP contribution >= 0.6 is 0 Å². The van der Waals surface area contributed by atoms with Crippen LogP contribution in [0.3, 0.4) is 0 Å². The first-order valence-corrected chi connectivity index (χ1v) is 7.20. The van der Waals surface area contributed by atoms with Crippen LogP contribution in [-0.4, -0.2) is 49.0 Å². The lowest BCUT2D eigenvalue weighted by Gasteiger charge is -2.28. The number of esters is 1. The third kappa shape index (κ3) is 5.97. The number of methoxy groups -OCH3 is 3. The second-order valence-electron chi connectivity index (χ2n) is 3.67. The van der Waals surface area contributed by atoms with Gasteiger partial charge in [0.1, 0.15) is 9.52 Å². The molecule has 0 atom stereocenters. The molecule has 0 saturated heterocycles. The molecule has 0 rings (SSSR count). The summed E-state index contributed by atoms with van der Waals surface area (Å²) in [7, 11) is 3.94. The van der Waals surface area contributed by atoms with Gasteiger partial charge in [0, 0.05) is 26.9 Å². The standard InChI is InChI=1S/C11H22O5Si/c1-9(2)10(12)16-7-6-8-17-11(13-3,14-4)15-5/h1,6-8,17H2,2-5H3. The van der Waals surface area contributed by atoms with E-state index in [9.17, 15) is 4.79 Å². The smallest absolute Gasteiger partial charge is 0.333 e. The van der Waals surface area contributed by atoms with Gasteiger partial charge in [-0.05, 0) is 13.3 Å². The molecule has 0 bridgehead atoms. The molecule has 0 aliphatic carbocycles. The highest BCUT2D eigenvalue weighted by Gasteiger charge is 2.28. The maximum atomic E-state index is 11.1. The molecule has 0 aromatic carbocycles. The molecular formula is C11H22O5Si. The van der Waals surface area contributed by atoms with E-state index in [-0.39, 0.29) is 5.97 Å². The minimum atomic E-state index is -0.863. The predicted octanol–water partition coefficient (Wildman–Crippen LogP) is 0.633. The molecule has 0 aliphatic heterocycles. The molecule has 0 radical (unpaired) electrons. The van der Waals surface area contributed by atoms with Crippen molar-refractivity contribution in [1.29, 1.82) is 0 Å². The fourth-order valence-electron chi connectivity index (χ4n) is 1.29. The molecule has 0 saturated carbocycles. The SMILES string of the molecule is C=C(C)C(=O)OCCC[SiH2]C(OC)(OC)OC. The summed E-state index contributed by atoms with van der Waals surface area (Å²) in [5.74, 6) is -0.344. The van der Waals surface area contributed by atoms with Crippen molar-refractivity contribution in [3.63, 3.8) is 0 Å². The maximum absolute atomic E-state index is 11.1. The Bertz CT molecular complexity index is 242. The average molecular weight is 262 g/mol. The molecule has 0 aromatic heterocycles. The summed E-state index contributed by atoms with van der Waals surface area (Å²) in [6, 6.07) is 0.902. The molecule has 17 heavy (non-hydrogen) atoms. The molecule has 0 spiro atoms. The first kappa shape index (κ1) is 16.3. The highest BCUT2D eigenvalue weighted by molar-refractivity contribution is 6.38. The Hall–Kier alpha value is -0.693. The second kappa shape index (κ2) is 8.41. The zero-order valence-electron chi connectivity index (χ0n) is 11.1. The van der Waals surface area contributed by atoms with E-state index in [1.54, 1.807) is 28.3 Å². The van der Waals surface area contributed by atoms with Crippen LogP contribution in [0.25, 0.3) is 0 Å². The molecule has 0 fully saturated rings. The van der Waals surface area contributed by atoms with Gasteiger partial charge in [-0.2, -0.15) is 0 Å². The minimum absolute atomic E-state index is 0.344. The van der Waals surface area contributed by atoms with Gasteiger partial charge in [-0.1, -0.05) is 12.6 Å². The van der Waals surface area contributed by atoms with E-state index in [2.05, 4.69) is 6.58 Å². The average Bonchev–Trinajstić information content (AvgIpc) is 2.34. The Morgan fingerprint density at radius 2 is 1.76 bits per heavy atom. The monoisotopic (exact) mass is 262 g/mol. The normalized spacial score (nSPS) is 12.0. The molecule has 0 heterocycles. The first-order valence-electron chi connectivity index (χ1n) is 5.49. The van der Waals surface area contributed by atoms with E-state index in [1.807, 2.05) is 0 Å². The fraction of sp³-hybridized carbons (Fsp3) is 0.727. The molecular weight excluding hydrogens is 240 g/mol. The van der Waals surface area contributed by atoms with E-state index < -0.39 is 15.1 Å². The van der Waals surface area contributed by atoms with Crippen LogP contribution in [0.1, 0.15) is 13.3 Å². The Labute approximate surface area is 105 Å². The van der Waals surface area contributed by atoms with Gasteiger partial charge >= 0.3 is 5.97 Å². The fourth-order valence-corrected chi connectivity index (χ4v) is 2.79. The Morgan fingerprint density at radius 1 is 1.24 bits per heavy atom. The van der Waals surface area contributed by atoms with Crippen molar-refractivity contribution in [1.82, 2.24) is 0 Å². The zero-order valence-corrected chi connectivity index (χ0v) is 12.5. The van der Waals surface area contributed by atoms with E-state index in [0.717, 1.165) is 12.5 Å². The number of rotatable bonds is 9. The minimum Gasteiger partial charge on any atom is -0.462 e. The third-order valence-corrected chi connectivity index (χ3v) is 4.72. The molecule has 0 amide bonds. The van der Waals surface area contributed by atoms with Crippen LogP contribution in [0, 0.1) is 0 Å². The number of carbonyl (C=O) groups is 1. The molecule has 0 N–H and O–H groups in total. The summed E-state index contributed by atoms with van der Waals surface area (Å²) < 4.78 is 20.6. The summed E-state index contributed by atoms with van der Waals surface area (Å²) in [4.78, 5) is 11.1. The van der Waals surface area contributed by atoms with Gasteiger partial charge in [0.05, 0.1) is 6.61 Å². The van der Waals surface area contributed by atoms with Crippen molar-refractivity contribution < 1.29 is 23.7 Å².